The number of anilines is 1. The Morgan fingerprint density at radius 1 is 1.34 bits per heavy atom. The maximum atomic E-state index is 13.7. The highest BCUT2D eigenvalue weighted by Gasteiger charge is 2.41. The molecule has 7 heteroatoms. The first kappa shape index (κ1) is 24.5. The van der Waals surface area contributed by atoms with Crippen LogP contribution in [0.2, 0.25) is 0 Å². The summed E-state index contributed by atoms with van der Waals surface area (Å²) in [6.07, 6.45) is 3.75. The number of piperidine rings is 1. The summed E-state index contributed by atoms with van der Waals surface area (Å²) in [5, 5.41) is 3.42. The van der Waals surface area contributed by atoms with Crippen molar-refractivity contribution in [3.05, 3.63) is 23.3 Å². The van der Waals surface area contributed by atoms with E-state index in [1.807, 2.05) is 24.0 Å². The molecule has 0 spiro atoms. The van der Waals surface area contributed by atoms with Crippen molar-refractivity contribution in [1.82, 2.24) is 10.2 Å². The fraction of sp³-hybridized carbons (Fsp3) is 0.680. The van der Waals surface area contributed by atoms with E-state index in [1.165, 1.54) is 0 Å². The van der Waals surface area contributed by atoms with E-state index < -0.39 is 5.60 Å². The number of aryl methyl sites for hydroxylation is 1. The zero-order valence-electron chi connectivity index (χ0n) is 20.5. The standard InChI is InChI=1S/C25H39N3O4/c1-17(2)28(19-10-9-11-26-16-19)23(29)20-15-21-22(14-18(20)3)32-25(4,5)24(30)27(21)12-7-8-13-31-6/h14-15,17,19,26H,7-13,16H2,1-6H3/t19-/m1/s1. The lowest BCUT2D eigenvalue weighted by Gasteiger charge is -2.40. The number of nitrogens with one attached hydrogen (secondary N) is 1. The molecule has 1 N–H and O–H groups in total. The summed E-state index contributed by atoms with van der Waals surface area (Å²) in [5.74, 6) is 0.596. The molecule has 2 amide bonds. The molecule has 32 heavy (non-hydrogen) atoms. The van der Waals surface area contributed by atoms with Crippen molar-refractivity contribution >= 4 is 17.5 Å². The fourth-order valence-corrected chi connectivity index (χ4v) is 4.72. The van der Waals surface area contributed by atoms with Gasteiger partial charge in [-0.1, -0.05) is 0 Å². The summed E-state index contributed by atoms with van der Waals surface area (Å²) >= 11 is 0. The second kappa shape index (κ2) is 10.2. The van der Waals surface area contributed by atoms with E-state index in [0.29, 0.717) is 30.2 Å². The minimum absolute atomic E-state index is 0.0191. The van der Waals surface area contributed by atoms with Crippen LogP contribution in [-0.4, -0.2) is 67.7 Å². The maximum Gasteiger partial charge on any atom is 0.270 e. The molecule has 0 aliphatic carbocycles. The highest BCUT2D eigenvalue weighted by atomic mass is 16.5. The third-order valence-corrected chi connectivity index (χ3v) is 6.39. The number of hydrogen-bond acceptors (Lipinski definition) is 5. The average molecular weight is 446 g/mol. The first-order valence-electron chi connectivity index (χ1n) is 11.8. The molecule has 0 unspecified atom stereocenters. The summed E-state index contributed by atoms with van der Waals surface area (Å²) in [6.45, 7) is 12.7. The number of methoxy groups -OCH3 is 1. The quantitative estimate of drug-likeness (QED) is 0.620. The van der Waals surface area contributed by atoms with Crippen molar-refractivity contribution in [1.29, 1.82) is 0 Å². The first-order valence-corrected chi connectivity index (χ1v) is 11.8. The van der Waals surface area contributed by atoms with Gasteiger partial charge >= 0.3 is 0 Å². The normalized spacial score (nSPS) is 20.2. The number of nitrogens with zero attached hydrogens (tertiary/aromatic N) is 2. The molecule has 7 nitrogen and oxygen atoms in total. The van der Waals surface area contributed by atoms with Crippen LogP contribution >= 0.6 is 0 Å². The number of ether oxygens (including phenoxy) is 2. The summed E-state index contributed by atoms with van der Waals surface area (Å²) in [6, 6.07) is 4.04. The van der Waals surface area contributed by atoms with E-state index in [1.54, 1.807) is 25.9 Å². The summed E-state index contributed by atoms with van der Waals surface area (Å²) in [4.78, 5) is 30.7. The molecular formula is C25H39N3O4. The predicted molar refractivity (Wildman–Crippen MR) is 127 cm³/mol. The monoisotopic (exact) mass is 445 g/mol. The number of hydrogen-bond donors (Lipinski definition) is 1. The molecule has 3 rings (SSSR count). The van der Waals surface area contributed by atoms with Gasteiger partial charge in [-0.3, -0.25) is 9.59 Å². The molecule has 1 aromatic rings. The van der Waals surface area contributed by atoms with Gasteiger partial charge in [-0.05, 0) is 84.5 Å². The topological polar surface area (TPSA) is 71.1 Å². The minimum Gasteiger partial charge on any atom is -0.476 e. The van der Waals surface area contributed by atoms with Crippen molar-refractivity contribution in [3.8, 4) is 5.75 Å². The van der Waals surface area contributed by atoms with Gasteiger partial charge in [0.2, 0.25) is 0 Å². The van der Waals surface area contributed by atoms with E-state index >= 15 is 0 Å². The third kappa shape index (κ3) is 5.09. The highest BCUT2D eigenvalue weighted by Crippen LogP contribution is 2.40. The summed E-state index contributed by atoms with van der Waals surface area (Å²) in [5.41, 5.74) is 1.25. The Morgan fingerprint density at radius 2 is 2.09 bits per heavy atom. The molecule has 1 aromatic carbocycles. The van der Waals surface area contributed by atoms with Crippen molar-refractivity contribution in [2.24, 2.45) is 0 Å². The average Bonchev–Trinajstić information content (AvgIpc) is 2.73. The van der Waals surface area contributed by atoms with Gasteiger partial charge in [-0.15, -0.1) is 0 Å². The molecule has 2 aliphatic heterocycles. The van der Waals surface area contributed by atoms with Crippen LogP contribution < -0.4 is 15.0 Å². The minimum atomic E-state index is -0.941. The third-order valence-electron chi connectivity index (χ3n) is 6.39. The number of amides is 2. The van der Waals surface area contributed by atoms with Gasteiger partial charge in [-0.2, -0.15) is 0 Å². The molecule has 0 bridgehead atoms. The van der Waals surface area contributed by atoms with Crippen LogP contribution in [0.15, 0.2) is 12.1 Å². The lowest BCUT2D eigenvalue weighted by atomic mass is 9.97. The lowest BCUT2D eigenvalue weighted by Crippen LogP contribution is -2.53. The van der Waals surface area contributed by atoms with Crippen LogP contribution in [-0.2, 0) is 9.53 Å². The van der Waals surface area contributed by atoms with E-state index in [-0.39, 0.29) is 23.9 Å². The van der Waals surface area contributed by atoms with Gasteiger partial charge in [0.25, 0.3) is 11.8 Å². The Labute approximate surface area is 192 Å². The van der Waals surface area contributed by atoms with Gasteiger partial charge in [0.05, 0.1) is 5.69 Å². The predicted octanol–water partition coefficient (Wildman–Crippen LogP) is 3.53. The Balaban J connectivity index is 1.96. The van der Waals surface area contributed by atoms with Crippen LogP contribution in [0, 0.1) is 6.92 Å². The second-order valence-corrected chi connectivity index (χ2v) is 9.71. The molecule has 1 atom stereocenters. The van der Waals surface area contributed by atoms with Crippen LogP contribution in [0.25, 0.3) is 0 Å². The van der Waals surface area contributed by atoms with Gasteiger partial charge in [0, 0.05) is 44.5 Å². The number of benzene rings is 1. The van der Waals surface area contributed by atoms with Crippen molar-refractivity contribution in [2.75, 3.05) is 38.3 Å². The van der Waals surface area contributed by atoms with E-state index in [4.69, 9.17) is 9.47 Å². The molecule has 2 heterocycles. The number of fused-ring (bicyclic) bond motifs is 1. The summed E-state index contributed by atoms with van der Waals surface area (Å²) in [7, 11) is 1.68. The Hall–Kier alpha value is -2.12. The van der Waals surface area contributed by atoms with E-state index in [9.17, 15) is 9.59 Å². The smallest absolute Gasteiger partial charge is 0.270 e. The van der Waals surface area contributed by atoms with E-state index in [0.717, 1.165) is 44.3 Å². The molecule has 2 aliphatic rings. The summed E-state index contributed by atoms with van der Waals surface area (Å²) < 4.78 is 11.2. The molecule has 178 valence electrons. The number of carbonyl (C=O) groups is 2. The molecule has 0 aromatic heterocycles. The second-order valence-electron chi connectivity index (χ2n) is 9.71. The van der Waals surface area contributed by atoms with Gasteiger partial charge < -0.3 is 24.6 Å². The van der Waals surface area contributed by atoms with Crippen LogP contribution in [0.5, 0.6) is 5.75 Å². The van der Waals surface area contributed by atoms with Crippen LogP contribution in [0.3, 0.4) is 0 Å². The zero-order chi connectivity index (χ0) is 23.5. The molecule has 1 fully saturated rings. The Kier molecular flexibility index (Phi) is 7.83. The largest absolute Gasteiger partial charge is 0.476 e. The lowest BCUT2D eigenvalue weighted by molar-refractivity contribution is -0.132. The maximum absolute atomic E-state index is 13.7. The van der Waals surface area contributed by atoms with Crippen LogP contribution in [0.1, 0.15) is 69.3 Å². The molecular weight excluding hydrogens is 406 g/mol. The molecule has 0 radical (unpaired) electrons. The van der Waals surface area contributed by atoms with Crippen LogP contribution in [0.4, 0.5) is 5.69 Å². The zero-order valence-corrected chi connectivity index (χ0v) is 20.5. The molecule has 1 saturated heterocycles. The SMILES string of the molecule is COCCCCN1C(=O)C(C)(C)Oc2cc(C)c(C(=O)N(C(C)C)[C@@H]3CCCNC3)cc21. The van der Waals surface area contributed by atoms with E-state index in [2.05, 4.69) is 19.2 Å². The fourth-order valence-electron chi connectivity index (χ4n) is 4.72. The van der Waals surface area contributed by atoms with Crippen molar-refractivity contribution < 1.29 is 19.1 Å². The highest BCUT2D eigenvalue weighted by molar-refractivity contribution is 6.05. The van der Waals surface area contributed by atoms with Gasteiger partial charge in [-0.25, -0.2) is 0 Å². The van der Waals surface area contributed by atoms with Gasteiger partial charge in [0.15, 0.2) is 5.60 Å². The molecule has 0 saturated carbocycles. The van der Waals surface area contributed by atoms with Crippen molar-refractivity contribution in [3.63, 3.8) is 0 Å². The number of unbranched alkanes of at least 4 members (excludes halogenated alkanes) is 1. The first-order chi connectivity index (χ1) is 15.2. The number of carbonyl (C=O) groups excluding carboxylic acids is 2. The number of rotatable bonds is 8. The Morgan fingerprint density at radius 3 is 2.72 bits per heavy atom. The van der Waals surface area contributed by atoms with Crippen molar-refractivity contribution in [2.45, 2.75) is 78.0 Å². The Bertz CT molecular complexity index is 831. The van der Waals surface area contributed by atoms with Gasteiger partial charge in [0.1, 0.15) is 5.75 Å².